The number of nitrogens with zero attached hydrogens (tertiary/aromatic N) is 3. The summed E-state index contributed by atoms with van der Waals surface area (Å²) < 4.78 is 5.33. The van der Waals surface area contributed by atoms with Crippen LogP contribution in [0.15, 0.2) is 30.5 Å². The third kappa shape index (κ3) is 7.81. The van der Waals surface area contributed by atoms with Crippen molar-refractivity contribution in [1.82, 2.24) is 14.9 Å². The molecule has 4 N–H and O–H groups in total. The van der Waals surface area contributed by atoms with E-state index in [4.69, 9.17) is 10.5 Å². The molecule has 2 saturated carbocycles. The number of primary amides is 1. The molecule has 1 aliphatic heterocycles. The highest BCUT2D eigenvalue weighted by molar-refractivity contribution is 5.97. The molecule has 1 aromatic heterocycles. The van der Waals surface area contributed by atoms with Crippen LogP contribution in [0.4, 0.5) is 17.3 Å². The van der Waals surface area contributed by atoms with Gasteiger partial charge in [0.2, 0.25) is 0 Å². The van der Waals surface area contributed by atoms with Crippen molar-refractivity contribution in [1.29, 1.82) is 0 Å². The van der Waals surface area contributed by atoms with Gasteiger partial charge in [0.15, 0.2) is 11.5 Å². The second kappa shape index (κ2) is 13.9. The van der Waals surface area contributed by atoms with Gasteiger partial charge in [-0.2, -0.15) is 0 Å². The van der Waals surface area contributed by atoms with Crippen molar-refractivity contribution in [3.05, 3.63) is 41.7 Å². The van der Waals surface area contributed by atoms with E-state index in [0.29, 0.717) is 55.1 Å². The Kier molecular flexibility index (Phi) is 9.82. The standard InChI is InChI=1S/C31H42N6O4/c32-29(39)28-30(35-25-13-9-23(10-14-25)31(40)37-15-17-41-18-16-37)36-27(20-33-28)34-24-11-7-21(8-12-24)19-26(38)22-5-3-1-2-4-6-22/h9-10,13-14,20-22,24H,1-8,11-12,15-19H2,(H2,32,39)(H2,34,35,36). The number of carbonyl (C=O) groups is 3. The molecule has 10 heteroatoms. The highest BCUT2D eigenvalue weighted by atomic mass is 16.5. The van der Waals surface area contributed by atoms with Crippen LogP contribution in [0.25, 0.3) is 0 Å². The molecule has 2 aliphatic carbocycles. The summed E-state index contributed by atoms with van der Waals surface area (Å²) in [7, 11) is 0. The fraction of sp³-hybridized carbons (Fsp3) is 0.581. The van der Waals surface area contributed by atoms with Gasteiger partial charge in [0.1, 0.15) is 11.6 Å². The topological polar surface area (TPSA) is 140 Å². The molecule has 41 heavy (non-hydrogen) atoms. The summed E-state index contributed by atoms with van der Waals surface area (Å²) >= 11 is 0. The lowest BCUT2D eigenvalue weighted by atomic mass is 9.80. The Balaban J connectivity index is 1.16. The highest BCUT2D eigenvalue weighted by Gasteiger charge is 2.27. The molecule has 0 spiro atoms. The maximum atomic E-state index is 12.9. The summed E-state index contributed by atoms with van der Waals surface area (Å²) in [6.45, 7) is 2.25. The van der Waals surface area contributed by atoms with Gasteiger partial charge in [0, 0.05) is 42.7 Å². The van der Waals surface area contributed by atoms with E-state index in [0.717, 1.165) is 44.9 Å². The lowest BCUT2D eigenvalue weighted by Crippen LogP contribution is -2.40. The van der Waals surface area contributed by atoms with Gasteiger partial charge in [0.05, 0.1) is 19.4 Å². The van der Waals surface area contributed by atoms with Crippen molar-refractivity contribution in [2.45, 2.75) is 76.7 Å². The van der Waals surface area contributed by atoms with Crippen molar-refractivity contribution in [3.8, 4) is 0 Å². The average molecular weight is 563 g/mol. The Morgan fingerprint density at radius 2 is 1.61 bits per heavy atom. The van der Waals surface area contributed by atoms with Crippen LogP contribution in [-0.4, -0.2) is 64.8 Å². The zero-order chi connectivity index (χ0) is 28.6. The van der Waals surface area contributed by atoms with Crippen LogP contribution in [0.1, 0.15) is 91.5 Å². The number of morpholine rings is 1. The summed E-state index contributed by atoms with van der Waals surface area (Å²) in [5, 5.41) is 6.61. The van der Waals surface area contributed by atoms with Crippen LogP contribution < -0.4 is 16.4 Å². The quantitative estimate of drug-likeness (QED) is 0.374. The molecule has 10 nitrogen and oxygen atoms in total. The molecule has 0 radical (unpaired) electrons. The number of ether oxygens (including phenoxy) is 1. The minimum absolute atomic E-state index is 0.0350. The number of benzene rings is 1. The maximum Gasteiger partial charge on any atom is 0.271 e. The SMILES string of the molecule is NC(=O)c1ncc(NC2CCC(CC(=O)C3CCCCCC3)CC2)nc1Nc1ccc(C(=O)N2CCOCC2)cc1. The number of nitrogens with two attached hydrogens (primary N) is 1. The normalized spacial score (nSPS) is 22.0. The molecule has 3 fully saturated rings. The number of anilines is 3. The summed E-state index contributed by atoms with van der Waals surface area (Å²) in [6, 6.07) is 7.28. The molecule has 2 aromatic rings. The number of carbonyl (C=O) groups excluding carboxylic acids is 3. The summed E-state index contributed by atoms with van der Waals surface area (Å²) in [4.78, 5) is 48.4. The number of aromatic nitrogens is 2. The zero-order valence-electron chi connectivity index (χ0n) is 23.8. The molecular weight excluding hydrogens is 520 g/mol. The zero-order valence-corrected chi connectivity index (χ0v) is 23.8. The lowest BCUT2D eigenvalue weighted by Gasteiger charge is -2.30. The van der Waals surface area contributed by atoms with Crippen LogP contribution in [0.3, 0.4) is 0 Å². The molecule has 2 heterocycles. The van der Waals surface area contributed by atoms with Gasteiger partial charge in [-0.25, -0.2) is 9.97 Å². The summed E-state index contributed by atoms with van der Waals surface area (Å²) in [5.41, 5.74) is 6.87. The van der Waals surface area contributed by atoms with Crippen LogP contribution >= 0.6 is 0 Å². The van der Waals surface area contributed by atoms with Crippen LogP contribution in [0, 0.1) is 11.8 Å². The van der Waals surface area contributed by atoms with E-state index in [-0.39, 0.29) is 29.4 Å². The Morgan fingerprint density at radius 1 is 0.927 bits per heavy atom. The second-order valence-corrected chi connectivity index (χ2v) is 11.6. The largest absolute Gasteiger partial charge is 0.378 e. The Labute approximate surface area is 241 Å². The number of ketones is 1. The molecular formula is C31H42N6O4. The predicted octanol–water partition coefficient (Wildman–Crippen LogP) is 4.69. The van der Waals surface area contributed by atoms with Gasteiger partial charge >= 0.3 is 0 Å². The molecule has 3 aliphatic rings. The van der Waals surface area contributed by atoms with E-state index < -0.39 is 5.91 Å². The Bertz CT molecular complexity index is 1200. The first-order chi connectivity index (χ1) is 20.0. The fourth-order valence-corrected chi connectivity index (χ4v) is 6.28. The molecule has 0 bridgehead atoms. The van der Waals surface area contributed by atoms with Crippen LogP contribution in [-0.2, 0) is 9.53 Å². The number of amides is 2. The summed E-state index contributed by atoms with van der Waals surface area (Å²) in [6.07, 6.45) is 13.3. The predicted molar refractivity (Wildman–Crippen MR) is 157 cm³/mol. The van der Waals surface area contributed by atoms with E-state index in [1.54, 1.807) is 29.2 Å². The van der Waals surface area contributed by atoms with Crippen LogP contribution in [0.2, 0.25) is 0 Å². The molecule has 5 rings (SSSR count). The van der Waals surface area contributed by atoms with Gasteiger partial charge in [-0.1, -0.05) is 25.7 Å². The minimum atomic E-state index is -0.676. The first-order valence-electron chi connectivity index (χ1n) is 15.2. The average Bonchev–Trinajstić information content (AvgIpc) is 3.29. The van der Waals surface area contributed by atoms with Gasteiger partial charge in [-0.15, -0.1) is 0 Å². The van der Waals surface area contributed by atoms with Crippen molar-refractivity contribution in [2.24, 2.45) is 17.6 Å². The minimum Gasteiger partial charge on any atom is -0.378 e. The first kappa shape index (κ1) is 29.0. The monoisotopic (exact) mass is 562 g/mol. The number of rotatable bonds is 9. The van der Waals surface area contributed by atoms with Crippen LogP contribution in [0.5, 0.6) is 0 Å². The van der Waals surface area contributed by atoms with E-state index in [2.05, 4.69) is 20.6 Å². The van der Waals surface area contributed by atoms with Crippen molar-refractivity contribution in [3.63, 3.8) is 0 Å². The van der Waals surface area contributed by atoms with E-state index in [1.165, 1.54) is 31.9 Å². The van der Waals surface area contributed by atoms with Gasteiger partial charge < -0.3 is 26.0 Å². The lowest BCUT2D eigenvalue weighted by molar-refractivity contribution is -0.124. The van der Waals surface area contributed by atoms with E-state index in [1.807, 2.05) is 0 Å². The van der Waals surface area contributed by atoms with E-state index in [9.17, 15) is 14.4 Å². The summed E-state index contributed by atoms with van der Waals surface area (Å²) in [5.74, 6) is 1.33. The van der Waals surface area contributed by atoms with Gasteiger partial charge in [-0.05, 0) is 68.7 Å². The highest BCUT2D eigenvalue weighted by Crippen LogP contribution is 2.32. The third-order valence-electron chi connectivity index (χ3n) is 8.70. The molecule has 0 atom stereocenters. The van der Waals surface area contributed by atoms with Crippen molar-refractivity contribution >= 4 is 34.9 Å². The first-order valence-corrected chi connectivity index (χ1v) is 15.2. The van der Waals surface area contributed by atoms with Gasteiger partial charge in [-0.3, -0.25) is 14.4 Å². The Morgan fingerprint density at radius 3 is 2.27 bits per heavy atom. The smallest absolute Gasteiger partial charge is 0.271 e. The molecule has 2 amide bonds. The molecule has 1 aromatic carbocycles. The number of hydrogen-bond acceptors (Lipinski definition) is 8. The second-order valence-electron chi connectivity index (χ2n) is 11.6. The number of nitrogens with one attached hydrogen (secondary N) is 2. The van der Waals surface area contributed by atoms with Crippen molar-refractivity contribution in [2.75, 3.05) is 36.9 Å². The Hall–Kier alpha value is -3.53. The van der Waals surface area contributed by atoms with Gasteiger partial charge in [0.25, 0.3) is 11.8 Å². The fourth-order valence-electron chi connectivity index (χ4n) is 6.28. The van der Waals surface area contributed by atoms with E-state index >= 15 is 0 Å². The molecule has 1 saturated heterocycles. The van der Waals surface area contributed by atoms with Crippen molar-refractivity contribution < 1.29 is 19.1 Å². The number of Topliss-reactive ketones (excluding diaryl/α,β-unsaturated/α-hetero) is 1. The molecule has 0 unspecified atom stereocenters. The maximum absolute atomic E-state index is 12.9. The third-order valence-corrected chi connectivity index (χ3v) is 8.70. The molecule has 220 valence electrons. The number of hydrogen-bond donors (Lipinski definition) is 3.